The molecule has 1 aliphatic rings. The number of hydrogen-bond acceptors (Lipinski definition) is 2. The summed E-state index contributed by atoms with van der Waals surface area (Å²) in [6.07, 6.45) is 3.04. The molecule has 0 saturated carbocycles. The van der Waals surface area contributed by atoms with E-state index in [1.807, 2.05) is 17.2 Å². The minimum Gasteiger partial charge on any atom is -0.342 e. The van der Waals surface area contributed by atoms with Crippen LogP contribution in [0.5, 0.6) is 0 Å². The van der Waals surface area contributed by atoms with Crippen LogP contribution in [0, 0.1) is 5.92 Å². The summed E-state index contributed by atoms with van der Waals surface area (Å²) in [5.74, 6) is 0.850. The number of amides is 1. The molecule has 0 radical (unpaired) electrons. The van der Waals surface area contributed by atoms with E-state index < -0.39 is 0 Å². The number of aryl methyl sites for hydroxylation is 1. The Morgan fingerprint density at radius 1 is 1.29 bits per heavy atom. The summed E-state index contributed by atoms with van der Waals surface area (Å²) < 4.78 is 3.05. The number of carbonyl (C=O) groups is 1. The van der Waals surface area contributed by atoms with E-state index in [1.54, 1.807) is 0 Å². The zero-order valence-electron chi connectivity index (χ0n) is 13.3. The van der Waals surface area contributed by atoms with Crippen molar-refractivity contribution in [1.29, 1.82) is 0 Å². The zero-order valence-corrected chi connectivity index (χ0v) is 14.9. The molecule has 0 bridgehead atoms. The van der Waals surface area contributed by atoms with Crippen molar-refractivity contribution >= 4 is 21.8 Å². The Morgan fingerprint density at radius 2 is 1.95 bits per heavy atom. The zero-order chi connectivity index (χ0) is 15.4. The Bertz CT molecular complexity index is 476. The summed E-state index contributed by atoms with van der Waals surface area (Å²) >= 11 is 3.48. The molecule has 0 aromatic carbocycles. The van der Waals surface area contributed by atoms with Gasteiger partial charge in [-0.2, -0.15) is 0 Å². The third-order valence-corrected chi connectivity index (χ3v) is 4.26. The SMILES string of the molecule is CCCn1cc(Br)cc1C(=O)N1CCN(CC(C)C)CC1. The second kappa shape index (κ2) is 7.45. The fourth-order valence-electron chi connectivity index (χ4n) is 2.89. The lowest BCUT2D eigenvalue weighted by molar-refractivity contribution is 0.0613. The molecule has 118 valence electrons. The van der Waals surface area contributed by atoms with Gasteiger partial charge in [-0.25, -0.2) is 0 Å². The topological polar surface area (TPSA) is 28.5 Å². The van der Waals surface area contributed by atoms with Crippen molar-refractivity contribution in [3.63, 3.8) is 0 Å². The van der Waals surface area contributed by atoms with Crippen LogP contribution in [0.2, 0.25) is 0 Å². The molecule has 1 aromatic rings. The maximum atomic E-state index is 12.7. The highest BCUT2D eigenvalue weighted by molar-refractivity contribution is 9.10. The number of rotatable bonds is 5. The molecule has 1 saturated heterocycles. The predicted molar refractivity (Wildman–Crippen MR) is 89.6 cm³/mol. The molecule has 0 unspecified atom stereocenters. The van der Waals surface area contributed by atoms with E-state index in [0.717, 1.165) is 55.9 Å². The third kappa shape index (κ3) is 4.33. The van der Waals surface area contributed by atoms with E-state index >= 15 is 0 Å². The molecule has 1 fully saturated rings. The normalized spacial score (nSPS) is 16.7. The van der Waals surface area contributed by atoms with Crippen molar-refractivity contribution < 1.29 is 4.79 Å². The molecule has 0 atom stereocenters. The highest BCUT2D eigenvalue weighted by atomic mass is 79.9. The van der Waals surface area contributed by atoms with Gasteiger partial charge in [0, 0.05) is 49.9 Å². The minimum absolute atomic E-state index is 0.165. The molecule has 21 heavy (non-hydrogen) atoms. The van der Waals surface area contributed by atoms with Gasteiger partial charge in [0.2, 0.25) is 0 Å². The molecule has 0 N–H and O–H groups in total. The first kappa shape index (κ1) is 16.6. The van der Waals surface area contributed by atoms with Crippen LogP contribution < -0.4 is 0 Å². The maximum absolute atomic E-state index is 12.7. The molecule has 4 nitrogen and oxygen atoms in total. The van der Waals surface area contributed by atoms with Crippen molar-refractivity contribution in [1.82, 2.24) is 14.4 Å². The van der Waals surface area contributed by atoms with Gasteiger partial charge in [-0.15, -0.1) is 0 Å². The molecule has 2 rings (SSSR count). The van der Waals surface area contributed by atoms with Crippen molar-refractivity contribution in [2.45, 2.75) is 33.7 Å². The Morgan fingerprint density at radius 3 is 2.52 bits per heavy atom. The van der Waals surface area contributed by atoms with Crippen LogP contribution in [0.25, 0.3) is 0 Å². The average Bonchev–Trinajstić information content (AvgIpc) is 2.79. The van der Waals surface area contributed by atoms with Gasteiger partial charge >= 0.3 is 0 Å². The Hall–Kier alpha value is -0.810. The van der Waals surface area contributed by atoms with Crippen molar-refractivity contribution in [3.8, 4) is 0 Å². The Kier molecular flexibility index (Phi) is 5.88. The second-order valence-corrected chi connectivity index (χ2v) is 7.14. The first-order valence-corrected chi connectivity index (χ1v) is 8.67. The van der Waals surface area contributed by atoms with Gasteiger partial charge < -0.3 is 9.47 Å². The summed E-state index contributed by atoms with van der Waals surface area (Å²) in [5.41, 5.74) is 0.807. The Balaban J connectivity index is 1.98. The maximum Gasteiger partial charge on any atom is 0.270 e. The highest BCUT2D eigenvalue weighted by Crippen LogP contribution is 2.18. The van der Waals surface area contributed by atoms with Gasteiger partial charge in [0.15, 0.2) is 0 Å². The van der Waals surface area contributed by atoms with Crippen LogP contribution in [-0.2, 0) is 6.54 Å². The van der Waals surface area contributed by atoms with Gasteiger partial charge in [-0.05, 0) is 34.3 Å². The number of aromatic nitrogens is 1. The predicted octanol–water partition coefficient (Wildman–Crippen LogP) is 3.07. The lowest BCUT2D eigenvalue weighted by Crippen LogP contribution is -2.49. The van der Waals surface area contributed by atoms with Crippen LogP contribution in [0.3, 0.4) is 0 Å². The molecule has 2 heterocycles. The van der Waals surface area contributed by atoms with Crippen LogP contribution in [0.15, 0.2) is 16.7 Å². The fourth-order valence-corrected chi connectivity index (χ4v) is 3.36. The summed E-state index contributed by atoms with van der Waals surface area (Å²) in [4.78, 5) is 17.1. The van der Waals surface area contributed by atoms with Crippen molar-refractivity contribution in [2.24, 2.45) is 5.92 Å². The summed E-state index contributed by atoms with van der Waals surface area (Å²) in [7, 11) is 0. The van der Waals surface area contributed by atoms with E-state index in [-0.39, 0.29) is 5.91 Å². The number of carbonyl (C=O) groups excluding carboxylic acids is 1. The molecule has 1 aromatic heterocycles. The standard InChI is InChI=1S/C16H26BrN3O/c1-4-5-20-12-14(17)10-15(20)16(21)19-8-6-18(7-9-19)11-13(2)3/h10,12-13H,4-9,11H2,1-3H3. The van der Waals surface area contributed by atoms with Crippen LogP contribution in [0.4, 0.5) is 0 Å². The molecule has 5 heteroatoms. The summed E-state index contributed by atoms with van der Waals surface area (Å²) in [6.45, 7) is 12.3. The van der Waals surface area contributed by atoms with Crippen LogP contribution in [0.1, 0.15) is 37.7 Å². The average molecular weight is 356 g/mol. The van der Waals surface area contributed by atoms with Crippen LogP contribution >= 0.6 is 15.9 Å². The fraction of sp³-hybridized carbons (Fsp3) is 0.688. The molecule has 1 amide bonds. The third-order valence-electron chi connectivity index (χ3n) is 3.83. The lowest BCUT2D eigenvalue weighted by atomic mass is 10.2. The van der Waals surface area contributed by atoms with Crippen LogP contribution in [-0.4, -0.2) is 53.0 Å². The highest BCUT2D eigenvalue weighted by Gasteiger charge is 2.24. The van der Waals surface area contributed by atoms with E-state index in [2.05, 4.69) is 46.2 Å². The summed E-state index contributed by atoms with van der Waals surface area (Å²) in [6, 6.07) is 1.94. The smallest absolute Gasteiger partial charge is 0.270 e. The van der Waals surface area contributed by atoms with E-state index in [0.29, 0.717) is 5.92 Å². The van der Waals surface area contributed by atoms with Gasteiger partial charge in [0.1, 0.15) is 5.69 Å². The van der Waals surface area contributed by atoms with Gasteiger partial charge in [0.25, 0.3) is 5.91 Å². The lowest BCUT2D eigenvalue weighted by Gasteiger charge is -2.35. The first-order valence-electron chi connectivity index (χ1n) is 7.88. The quantitative estimate of drug-likeness (QED) is 0.811. The summed E-state index contributed by atoms with van der Waals surface area (Å²) in [5, 5.41) is 0. The van der Waals surface area contributed by atoms with Crippen molar-refractivity contribution in [2.75, 3.05) is 32.7 Å². The number of hydrogen-bond donors (Lipinski definition) is 0. The van der Waals surface area contributed by atoms with E-state index in [1.165, 1.54) is 0 Å². The molecule has 0 spiro atoms. The minimum atomic E-state index is 0.165. The van der Waals surface area contributed by atoms with E-state index in [4.69, 9.17) is 0 Å². The van der Waals surface area contributed by atoms with Gasteiger partial charge in [0.05, 0.1) is 0 Å². The largest absolute Gasteiger partial charge is 0.342 e. The molecular formula is C16H26BrN3O. The van der Waals surface area contributed by atoms with E-state index in [9.17, 15) is 4.79 Å². The molecule has 0 aliphatic carbocycles. The molecular weight excluding hydrogens is 330 g/mol. The number of piperazine rings is 1. The van der Waals surface area contributed by atoms with Crippen molar-refractivity contribution in [3.05, 3.63) is 22.4 Å². The number of nitrogens with zero attached hydrogens (tertiary/aromatic N) is 3. The van der Waals surface area contributed by atoms with Gasteiger partial charge in [-0.3, -0.25) is 9.69 Å². The van der Waals surface area contributed by atoms with Gasteiger partial charge in [-0.1, -0.05) is 20.8 Å². The monoisotopic (exact) mass is 355 g/mol. The Labute approximate surface area is 136 Å². The molecule has 1 aliphatic heterocycles. The first-order chi connectivity index (χ1) is 10.0. The number of halogens is 1. The second-order valence-electron chi connectivity index (χ2n) is 6.22.